The van der Waals surface area contributed by atoms with E-state index in [1.54, 1.807) is 6.07 Å². The molecular weight excluding hydrogens is 232 g/mol. The molecule has 2 fully saturated rings. The molecule has 0 aliphatic carbocycles. The molecule has 6 nitrogen and oxygen atoms in total. The van der Waals surface area contributed by atoms with E-state index in [-0.39, 0.29) is 5.69 Å². The number of aromatic carboxylic acids is 1. The van der Waals surface area contributed by atoms with Crippen LogP contribution in [0.5, 0.6) is 0 Å². The molecule has 0 spiro atoms. The molecule has 3 heterocycles. The van der Waals surface area contributed by atoms with Crippen LogP contribution in [0, 0.1) is 0 Å². The number of piperazine rings is 1. The maximum Gasteiger partial charge on any atom is 0.354 e. The van der Waals surface area contributed by atoms with E-state index in [0.717, 1.165) is 25.5 Å². The minimum atomic E-state index is -1.00. The average Bonchev–Trinajstić information content (AvgIpc) is 2.86. The Kier molecular flexibility index (Phi) is 2.87. The van der Waals surface area contributed by atoms with E-state index < -0.39 is 5.97 Å². The highest BCUT2D eigenvalue weighted by atomic mass is 16.4. The van der Waals surface area contributed by atoms with Gasteiger partial charge in [0.15, 0.2) is 5.69 Å². The first-order valence-electron chi connectivity index (χ1n) is 6.28. The summed E-state index contributed by atoms with van der Waals surface area (Å²) in [5.74, 6) is -0.271. The van der Waals surface area contributed by atoms with Crippen molar-refractivity contribution in [3.05, 3.63) is 18.1 Å². The lowest BCUT2D eigenvalue weighted by atomic mass is 10.1. The number of anilines is 1. The second-order valence-electron chi connectivity index (χ2n) is 4.84. The van der Waals surface area contributed by atoms with Crippen LogP contribution < -0.4 is 4.90 Å². The number of nitrogens with zero attached hydrogens (tertiary/aromatic N) is 4. The predicted molar refractivity (Wildman–Crippen MR) is 65.8 cm³/mol. The summed E-state index contributed by atoms with van der Waals surface area (Å²) in [4.78, 5) is 23.5. The molecule has 96 valence electrons. The van der Waals surface area contributed by atoms with Gasteiger partial charge in [-0.15, -0.1) is 0 Å². The Morgan fingerprint density at radius 2 is 2.22 bits per heavy atom. The number of fused-ring (bicyclic) bond motifs is 1. The van der Waals surface area contributed by atoms with Crippen molar-refractivity contribution < 1.29 is 9.90 Å². The molecule has 1 N–H and O–H groups in total. The molecule has 1 unspecified atom stereocenters. The van der Waals surface area contributed by atoms with Gasteiger partial charge in [0, 0.05) is 31.7 Å². The highest BCUT2D eigenvalue weighted by molar-refractivity contribution is 5.86. The second-order valence-corrected chi connectivity index (χ2v) is 4.84. The Labute approximate surface area is 105 Å². The van der Waals surface area contributed by atoms with E-state index in [0.29, 0.717) is 6.04 Å². The summed E-state index contributed by atoms with van der Waals surface area (Å²) in [5, 5.41) is 8.94. The molecule has 1 atom stereocenters. The van der Waals surface area contributed by atoms with Gasteiger partial charge in [-0.25, -0.2) is 14.8 Å². The summed E-state index contributed by atoms with van der Waals surface area (Å²) in [7, 11) is 0. The smallest absolute Gasteiger partial charge is 0.354 e. The van der Waals surface area contributed by atoms with Gasteiger partial charge in [0.25, 0.3) is 0 Å². The lowest BCUT2D eigenvalue weighted by Crippen LogP contribution is -2.50. The number of aromatic nitrogens is 2. The molecule has 0 radical (unpaired) electrons. The van der Waals surface area contributed by atoms with Crippen LogP contribution in [0.1, 0.15) is 23.3 Å². The van der Waals surface area contributed by atoms with Crippen LogP contribution in [-0.4, -0.2) is 58.2 Å². The minimum Gasteiger partial charge on any atom is -0.477 e. The lowest BCUT2D eigenvalue weighted by molar-refractivity contribution is 0.0690. The molecule has 2 saturated heterocycles. The second kappa shape index (κ2) is 4.53. The van der Waals surface area contributed by atoms with Crippen LogP contribution in [-0.2, 0) is 0 Å². The third kappa shape index (κ3) is 2.03. The summed E-state index contributed by atoms with van der Waals surface area (Å²) >= 11 is 0. The Bertz CT molecular complexity index is 465. The number of carboxylic acids is 1. The van der Waals surface area contributed by atoms with Gasteiger partial charge in [-0.05, 0) is 19.4 Å². The fourth-order valence-electron chi connectivity index (χ4n) is 2.84. The summed E-state index contributed by atoms with van der Waals surface area (Å²) in [5.41, 5.74) is 0.0638. The van der Waals surface area contributed by atoms with Gasteiger partial charge in [-0.2, -0.15) is 0 Å². The van der Waals surface area contributed by atoms with Crippen molar-refractivity contribution >= 4 is 11.8 Å². The summed E-state index contributed by atoms with van der Waals surface area (Å²) in [6, 6.07) is 2.16. The molecule has 0 saturated carbocycles. The van der Waals surface area contributed by atoms with E-state index in [2.05, 4.69) is 19.8 Å². The van der Waals surface area contributed by atoms with Gasteiger partial charge in [0.2, 0.25) is 0 Å². The number of hydrogen-bond donors (Lipinski definition) is 1. The van der Waals surface area contributed by atoms with E-state index in [1.807, 2.05) is 0 Å². The van der Waals surface area contributed by atoms with Gasteiger partial charge in [-0.1, -0.05) is 0 Å². The molecule has 2 aliphatic rings. The van der Waals surface area contributed by atoms with E-state index in [9.17, 15) is 4.79 Å². The Morgan fingerprint density at radius 3 is 3.06 bits per heavy atom. The first-order chi connectivity index (χ1) is 8.74. The number of carbonyl (C=O) groups is 1. The van der Waals surface area contributed by atoms with Gasteiger partial charge < -0.3 is 10.0 Å². The average molecular weight is 248 g/mol. The fourth-order valence-corrected chi connectivity index (χ4v) is 2.84. The molecule has 0 bridgehead atoms. The fraction of sp³-hybridized carbons (Fsp3) is 0.583. The number of rotatable bonds is 2. The van der Waals surface area contributed by atoms with Crippen LogP contribution in [0.15, 0.2) is 12.4 Å². The third-order valence-corrected chi connectivity index (χ3v) is 3.78. The molecule has 3 rings (SSSR count). The zero-order chi connectivity index (χ0) is 12.5. The standard InChI is InChI=1S/C12H16N4O2/c17-12(18)10-6-11(14-8-13-10)16-5-4-15-3-1-2-9(15)7-16/h6,8-9H,1-5,7H2,(H,17,18). The topological polar surface area (TPSA) is 69.6 Å². The van der Waals surface area contributed by atoms with Gasteiger partial charge >= 0.3 is 5.97 Å². The van der Waals surface area contributed by atoms with Crippen LogP contribution in [0.4, 0.5) is 5.82 Å². The van der Waals surface area contributed by atoms with Crippen LogP contribution in [0.25, 0.3) is 0 Å². The van der Waals surface area contributed by atoms with Gasteiger partial charge in [0.1, 0.15) is 12.1 Å². The summed E-state index contributed by atoms with van der Waals surface area (Å²) in [6.07, 6.45) is 3.83. The van der Waals surface area contributed by atoms with Crippen molar-refractivity contribution in [3.8, 4) is 0 Å². The Balaban J connectivity index is 1.78. The van der Waals surface area contributed by atoms with E-state index in [4.69, 9.17) is 5.11 Å². The molecule has 0 aromatic carbocycles. The Hall–Kier alpha value is -1.69. The third-order valence-electron chi connectivity index (χ3n) is 3.78. The summed E-state index contributed by atoms with van der Waals surface area (Å²) in [6.45, 7) is 4.09. The molecule has 0 amide bonds. The number of hydrogen-bond acceptors (Lipinski definition) is 5. The highest BCUT2D eigenvalue weighted by Crippen LogP contribution is 2.24. The first-order valence-corrected chi connectivity index (χ1v) is 6.28. The normalized spacial score (nSPS) is 24.0. The zero-order valence-electron chi connectivity index (χ0n) is 10.1. The molecule has 1 aromatic heterocycles. The predicted octanol–water partition coefficient (Wildman–Crippen LogP) is 0.459. The van der Waals surface area contributed by atoms with Crippen molar-refractivity contribution in [1.82, 2.24) is 14.9 Å². The highest BCUT2D eigenvalue weighted by Gasteiger charge is 2.31. The van der Waals surface area contributed by atoms with Crippen LogP contribution >= 0.6 is 0 Å². The van der Waals surface area contributed by atoms with Gasteiger partial charge in [0.05, 0.1) is 0 Å². The monoisotopic (exact) mass is 248 g/mol. The minimum absolute atomic E-state index is 0.0638. The quantitative estimate of drug-likeness (QED) is 0.820. The largest absolute Gasteiger partial charge is 0.477 e. The number of carboxylic acid groups (broad SMARTS) is 1. The molecule has 1 aromatic rings. The van der Waals surface area contributed by atoms with Crippen molar-refractivity contribution in [2.45, 2.75) is 18.9 Å². The molecule has 2 aliphatic heterocycles. The SMILES string of the molecule is O=C(O)c1cc(N2CCN3CCCC3C2)ncn1. The van der Waals surface area contributed by atoms with E-state index in [1.165, 1.54) is 25.7 Å². The zero-order valence-corrected chi connectivity index (χ0v) is 10.1. The lowest BCUT2D eigenvalue weighted by Gasteiger charge is -2.38. The van der Waals surface area contributed by atoms with E-state index >= 15 is 0 Å². The van der Waals surface area contributed by atoms with Crippen molar-refractivity contribution in [3.63, 3.8) is 0 Å². The summed E-state index contributed by atoms with van der Waals surface area (Å²) < 4.78 is 0. The molecule has 18 heavy (non-hydrogen) atoms. The maximum absolute atomic E-state index is 10.9. The van der Waals surface area contributed by atoms with Crippen LogP contribution in [0.3, 0.4) is 0 Å². The van der Waals surface area contributed by atoms with Crippen molar-refractivity contribution in [2.24, 2.45) is 0 Å². The maximum atomic E-state index is 10.9. The van der Waals surface area contributed by atoms with Crippen molar-refractivity contribution in [1.29, 1.82) is 0 Å². The van der Waals surface area contributed by atoms with Crippen LogP contribution in [0.2, 0.25) is 0 Å². The molecular formula is C12H16N4O2. The van der Waals surface area contributed by atoms with Crippen molar-refractivity contribution in [2.75, 3.05) is 31.1 Å². The first kappa shape index (κ1) is 11.4. The Morgan fingerprint density at radius 1 is 1.33 bits per heavy atom. The molecule has 6 heteroatoms. The van der Waals surface area contributed by atoms with Gasteiger partial charge in [-0.3, -0.25) is 4.90 Å².